The van der Waals surface area contributed by atoms with Gasteiger partial charge in [-0.2, -0.15) is 0 Å². The molecule has 2 aliphatic heterocycles. The van der Waals surface area contributed by atoms with Gasteiger partial charge in [0.1, 0.15) is 12.1 Å². The van der Waals surface area contributed by atoms with Gasteiger partial charge in [-0.05, 0) is 24.8 Å². The molecule has 140 valence electrons. The molecule has 0 spiro atoms. The molecule has 1 aromatic carbocycles. The lowest BCUT2D eigenvalue weighted by Crippen LogP contribution is -2.54. The Balaban J connectivity index is 1.60. The van der Waals surface area contributed by atoms with Gasteiger partial charge in [-0.15, -0.1) is 0 Å². The highest BCUT2D eigenvalue weighted by Gasteiger charge is 2.40. The number of carbonyl (C=O) groups excluding carboxylic acids is 2. The lowest BCUT2D eigenvalue weighted by atomic mass is 10.0. The van der Waals surface area contributed by atoms with Crippen molar-refractivity contribution in [1.29, 1.82) is 0 Å². The standard InChI is InChI=1S/C18H22N2O6/c21-15-10-13(17(26-15)25-11-12-6-2-1-3-7-12)19-16(22)14-8-4-5-9-20(14)18(23)24/h1-3,6-7,13-14,17H,4-5,8-11H2,(H,19,22)(H,23,24). The maximum atomic E-state index is 12.6. The van der Waals surface area contributed by atoms with Crippen LogP contribution in [0.3, 0.4) is 0 Å². The number of nitrogens with one attached hydrogen (secondary N) is 1. The van der Waals surface area contributed by atoms with Gasteiger partial charge in [-0.3, -0.25) is 14.5 Å². The van der Waals surface area contributed by atoms with Crippen LogP contribution in [0.2, 0.25) is 0 Å². The zero-order valence-corrected chi connectivity index (χ0v) is 14.3. The molecule has 2 amide bonds. The molecular weight excluding hydrogens is 340 g/mol. The second kappa shape index (κ2) is 8.18. The van der Waals surface area contributed by atoms with E-state index in [1.807, 2.05) is 30.3 Å². The zero-order chi connectivity index (χ0) is 18.5. The Kier molecular flexibility index (Phi) is 5.72. The Labute approximate surface area is 151 Å². The first-order chi connectivity index (χ1) is 12.5. The second-order valence-corrected chi connectivity index (χ2v) is 6.46. The predicted octanol–water partition coefficient (Wildman–Crippen LogP) is 1.49. The van der Waals surface area contributed by atoms with Crippen molar-refractivity contribution >= 4 is 18.0 Å². The molecule has 0 aromatic heterocycles. The van der Waals surface area contributed by atoms with E-state index in [4.69, 9.17) is 9.47 Å². The molecule has 2 N–H and O–H groups in total. The summed E-state index contributed by atoms with van der Waals surface area (Å²) in [6.45, 7) is 0.581. The van der Waals surface area contributed by atoms with Crippen molar-refractivity contribution < 1.29 is 29.0 Å². The molecule has 8 heteroatoms. The van der Waals surface area contributed by atoms with Gasteiger partial charge in [0.05, 0.1) is 13.0 Å². The molecular formula is C18H22N2O6. The van der Waals surface area contributed by atoms with E-state index in [0.717, 1.165) is 23.3 Å². The molecule has 26 heavy (non-hydrogen) atoms. The third-order valence-electron chi connectivity index (χ3n) is 4.60. The van der Waals surface area contributed by atoms with Crippen LogP contribution in [0.15, 0.2) is 30.3 Å². The first-order valence-corrected chi connectivity index (χ1v) is 8.69. The number of carboxylic acid groups (broad SMARTS) is 1. The van der Waals surface area contributed by atoms with Gasteiger partial charge in [0.15, 0.2) is 0 Å². The highest BCUT2D eigenvalue weighted by molar-refractivity contribution is 5.86. The van der Waals surface area contributed by atoms with Crippen molar-refractivity contribution in [3.05, 3.63) is 35.9 Å². The summed E-state index contributed by atoms with van der Waals surface area (Å²) in [6.07, 6.45) is 0.00833. The number of hydrogen-bond donors (Lipinski definition) is 2. The summed E-state index contributed by atoms with van der Waals surface area (Å²) in [5.74, 6) is -0.865. The Bertz CT molecular complexity index is 665. The van der Waals surface area contributed by atoms with Crippen molar-refractivity contribution in [2.24, 2.45) is 0 Å². The van der Waals surface area contributed by atoms with E-state index < -0.39 is 36.3 Å². The number of rotatable bonds is 5. The number of piperidine rings is 1. The topological polar surface area (TPSA) is 105 Å². The molecule has 0 radical (unpaired) electrons. The lowest BCUT2D eigenvalue weighted by Gasteiger charge is -2.33. The number of likely N-dealkylation sites (tertiary alicyclic amines) is 1. The second-order valence-electron chi connectivity index (χ2n) is 6.46. The molecule has 3 atom stereocenters. The summed E-state index contributed by atoms with van der Waals surface area (Å²) >= 11 is 0. The van der Waals surface area contributed by atoms with E-state index in [-0.39, 0.29) is 13.0 Å². The van der Waals surface area contributed by atoms with Crippen LogP contribution >= 0.6 is 0 Å². The van der Waals surface area contributed by atoms with Gasteiger partial charge in [-0.1, -0.05) is 30.3 Å². The number of ether oxygens (including phenoxy) is 2. The van der Waals surface area contributed by atoms with Crippen LogP contribution in [0.25, 0.3) is 0 Å². The molecule has 0 aliphatic carbocycles. The number of cyclic esters (lactones) is 1. The average molecular weight is 362 g/mol. The molecule has 8 nitrogen and oxygen atoms in total. The van der Waals surface area contributed by atoms with Crippen LogP contribution in [0.5, 0.6) is 0 Å². The lowest BCUT2D eigenvalue weighted by molar-refractivity contribution is -0.168. The quantitative estimate of drug-likeness (QED) is 0.769. The van der Waals surface area contributed by atoms with Gasteiger partial charge < -0.3 is 19.9 Å². The fraction of sp³-hybridized carbons (Fsp3) is 0.500. The third kappa shape index (κ3) is 4.32. The maximum absolute atomic E-state index is 12.6. The van der Waals surface area contributed by atoms with Crippen LogP contribution < -0.4 is 5.32 Å². The molecule has 3 rings (SSSR count). The Morgan fingerprint density at radius 2 is 2.04 bits per heavy atom. The van der Waals surface area contributed by atoms with Gasteiger partial charge in [0.2, 0.25) is 12.2 Å². The molecule has 2 aliphatic rings. The summed E-state index contributed by atoms with van der Waals surface area (Å²) in [4.78, 5) is 36.7. The number of carbonyl (C=O) groups is 3. The van der Waals surface area contributed by atoms with E-state index in [9.17, 15) is 19.5 Å². The zero-order valence-electron chi connectivity index (χ0n) is 14.3. The van der Waals surface area contributed by atoms with Gasteiger partial charge in [0, 0.05) is 6.54 Å². The molecule has 3 unspecified atom stereocenters. The highest BCUT2D eigenvalue weighted by atomic mass is 16.7. The SMILES string of the molecule is O=C1CC(NC(=O)C2CCCCN2C(=O)O)C(OCc2ccccc2)O1. The van der Waals surface area contributed by atoms with Crippen molar-refractivity contribution in [2.75, 3.05) is 6.54 Å². The predicted molar refractivity (Wildman–Crippen MR) is 90.0 cm³/mol. The molecule has 2 heterocycles. The number of benzene rings is 1. The summed E-state index contributed by atoms with van der Waals surface area (Å²) in [6, 6.07) is 8.04. The first-order valence-electron chi connectivity index (χ1n) is 8.69. The fourth-order valence-electron chi connectivity index (χ4n) is 3.27. The maximum Gasteiger partial charge on any atom is 0.407 e. The van der Waals surface area contributed by atoms with Crippen LogP contribution in [0.4, 0.5) is 4.79 Å². The van der Waals surface area contributed by atoms with Crippen molar-refractivity contribution in [2.45, 2.75) is 50.7 Å². The minimum Gasteiger partial charge on any atom is -0.465 e. The van der Waals surface area contributed by atoms with Crippen LogP contribution in [-0.4, -0.2) is 52.9 Å². The largest absolute Gasteiger partial charge is 0.465 e. The summed E-state index contributed by atoms with van der Waals surface area (Å²) in [7, 11) is 0. The minimum absolute atomic E-state index is 0.00495. The van der Waals surface area contributed by atoms with E-state index in [1.54, 1.807) is 0 Å². The Morgan fingerprint density at radius 3 is 2.77 bits per heavy atom. The molecule has 2 fully saturated rings. The normalized spacial score (nSPS) is 25.6. The summed E-state index contributed by atoms with van der Waals surface area (Å²) in [5.41, 5.74) is 0.921. The van der Waals surface area contributed by atoms with Crippen LogP contribution in [0, 0.1) is 0 Å². The third-order valence-corrected chi connectivity index (χ3v) is 4.60. The Morgan fingerprint density at radius 1 is 1.27 bits per heavy atom. The van der Waals surface area contributed by atoms with Gasteiger partial charge in [0.25, 0.3) is 0 Å². The van der Waals surface area contributed by atoms with Crippen LogP contribution in [0.1, 0.15) is 31.2 Å². The fourth-order valence-corrected chi connectivity index (χ4v) is 3.27. The molecule has 2 saturated heterocycles. The number of esters is 1. The minimum atomic E-state index is -1.11. The highest BCUT2D eigenvalue weighted by Crippen LogP contribution is 2.21. The van der Waals surface area contributed by atoms with E-state index in [1.165, 1.54) is 0 Å². The van der Waals surface area contributed by atoms with E-state index in [2.05, 4.69) is 5.32 Å². The first kappa shape index (κ1) is 18.2. The van der Waals surface area contributed by atoms with Gasteiger partial charge in [-0.25, -0.2) is 4.79 Å². The smallest absolute Gasteiger partial charge is 0.407 e. The molecule has 0 saturated carbocycles. The molecule has 0 bridgehead atoms. The number of hydrogen-bond acceptors (Lipinski definition) is 5. The summed E-state index contributed by atoms with van der Waals surface area (Å²) in [5, 5.41) is 12.0. The number of nitrogens with zero attached hydrogens (tertiary/aromatic N) is 1. The van der Waals surface area contributed by atoms with Crippen LogP contribution in [-0.2, 0) is 25.7 Å². The van der Waals surface area contributed by atoms with Gasteiger partial charge >= 0.3 is 12.1 Å². The Hall–Kier alpha value is -2.61. The van der Waals surface area contributed by atoms with Crippen molar-refractivity contribution in [3.63, 3.8) is 0 Å². The van der Waals surface area contributed by atoms with E-state index in [0.29, 0.717) is 13.0 Å². The van der Waals surface area contributed by atoms with Crippen molar-refractivity contribution in [1.82, 2.24) is 10.2 Å². The average Bonchev–Trinajstić information content (AvgIpc) is 3.00. The summed E-state index contributed by atoms with van der Waals surface area (Å²) < 4.78 is 10.8. The van der Waals surface area contributed by atoms with Crippen molar-refractivity contribution in [3.8, 4) is 0 Å². The number of amides is 2. The molecule has 1 aromatic rings. The monoisotopic (exact) mass is 362 g/mol. The van der Waals surface area contributed by atoms with E-state index >= 15 is 0 Å².